The van der Waals surface area contributed by atoms with Crippen LogP contribution in [0, 0.1) is 0 Å². The number of hydrogen-bond acceptors (Lipinski definition) is 5. The summed E-state index contributed by atoms with van der Waals surface area (Å²) < 4.78 is 6.72. The normalized spacial score (nSPS) is 13.3. The monoisotopic (exact) mass is 413 g/mol. The second-order valence-corrected chi connectivity index (χ2v) is 8.32. The van der Waals surface area contributed by atoms with Crippen molar-refractivity contribution in [3.05, 3.63) is 82.1 Å². The van der Waals surface area contributed by atoms with Crippen LogP contribution in [0.25, 0.3) is 27.1 Å². The Hall–Kier alpha value is -3.31. The number of furan rings is 1. The standard InChI is InChI=1S/C25H19NO3S/c1-3-14-10-18-19(11-15(14)4-2)23(28)20(22(18)27)12-17-13-21-24(29-17)26-25(30-21)16-8-6-5-7-9-16/h5-13H,3-4H2,1-2H3. The lowest BCUT2D eigenvalue weighted by molar-refractivity contribution is 0.0990. The zero-order valence-corrected chi connectivity index (χ0v) is 17.5. The molecular formula is C25H19NO3S. The molecule has 5 heteroatoms. The van der Waals surface area contributed by atoms with Gasteiger partial charge in [-0.1, -0.05) is 44.2 Å². The van der Waals surface area contributed by atoms with Crippen molar-refractivity contribution >= 4 is 39.4 Å². The van der Waals surface area contributed by atoms with Crippen molar-refractivity contribution in [3.63, 3.8) is 0 Å². The molecule has 2 aromatic carbocycles. The molecule has 0 N–H and O–H groups in total. The number of rotatable bonds is 4. The molecule has 1 aliphatic carbocycles. The minimum atomic E-state index is -0.231. The molecule has 0 spiro atoms. The van der Waals surface area contributed by atoms with Crippen LogP contribution < -0.4 is 0 Å². The number of carbonyl (C=O) groups is 2. The van der Waals surface area contributed by atoms with Crippen molar-refractivity contribution in [2.45, 2.75) is 26.7 Å². The zero-order chi connectivity index (χ0) is 20.8. The van der Waals surface area contributed by atoms with Crippen molar-refractivity contribution in [2.75, 3.05) is 0 Å². The van der Waals surface area contributed by atoms with Crippen molar-refractivity contribution in [1.82, 2.24) is 4.98 Å². The second kappa shape index (κ2) is 7.18. The van der Waals surface area contributed by atoms with E-state index >= 15 is 0 Å². The van der Waals surface area contributed by atoms with Gasteiger partial charge in [-0.2, -0.15) is 0 Å². The van der Waals surface area contributed by atoms with Crippen LogP contribution in [0.3, 0.4) is 0 Å². The Kier molecular flexibility index (Phi) is 4.48. The third kappa shape index (κ3) is 2.94. The van der Waals surface area contributed by atoms with E-state index in [2.05, 4.69) is 18.8 Å². The van der Waals surface area contributed by atoms with Gasteiger partial charge in [0, 0.05) is 22.8 Å². The summed E-state index contributed by atoms with van der Waals surface area (Å²) in [5, 5.41) is 0.878. The molecule has 0 aliphatic heterocycles. The second-order valence-electron chi connectivity index (χ2n) is 7.29. The molecule has 2 heterocycles. The van der Waals surface area contributed by atoms with Crippen molar-refractivity contribution in [1.29, 1.82) is 0 Å². The fourth-order valence-electron chi connectivity index (χ4n) is 3.92. The van der Waals surface area contributed by atoms with E-state index in [1.165, 1.54) is 11.3 Å². The molecular weight excluding hydrogens is 394 g/mol. The van der Waals surface area contributed by atoms with Gasteiger partial charge in [0.15, 0.2) is 11.6 Å². The fourth-order valence-corrected chi connectivity index (χ4v) is 4.86. The lowest BCUT2D eigenvalue weighted by Gasteiger charge is -2.07. The molecule has 2 aromatic heterocycles. The van der Waals surface area contributed by atoms with Gasteiger partial charge in [0.1, 0.15) is 10.8 Å². The lowest BCUT2D eigenvalue weighted by Crippen LogP contribution is -1.99. The molecule has 0 saturated heterocycles. The maximum atomic E-state index is 12.9. The third-order valence-electron chi connectivity index (χ3n) is 5.50. The number of carbonyl (C=O) groups excluding carboxylic acids is 2. The molecule has 30 heavy (non-hydrogen) atoms. The van der Waals surface area contributed by atoms with Crippen molar-refractivity contribution < 1.29 is 14.0 Å². The molecule has 0 amide bonds. The molecule has 0 saturated carbocycles. The number of nitrogens with zero attached hydrogens (tertiary/aromatic N) is 1. The highest BCUT2D eigenvalue weighted by molar-refractivity contribution is 7.21. The number of hydrogen-bond donors (Lipinski definition) is 0. The Bertz CT molecular complexity index is 1270. The SMILES string of the molecule is CCc1cc2c(cc1CC)C(=O)C(=Cc1cc3sc(-c4ccccc4)nc3o1)C2=O. The summed E-state index contributed by atoms with van der Waals surface area (Å²) in [6.07, 6.45) is 3.22. The number of fused-ring (bicyclic) bond motifs is 2. The van der Waals surface area contributed by atoms with Crippen LogP contribution in [-0.2, 0) is 12.8 Å². The average Bonchev–Trinajstić information content (AvgIpc) is 3.40. The smallest absolute Gasteiger partial charge is 0.238 e. The third-order valence-corrected chi connectivity index (χ3v) is 6.53. The average molecular weight is 413 g/mol. The summed E-state index contributed by atoms with van der Waals surface area (Å²) in [7, 11) is 0. The molecule has 1 aliphatic rings. The van der Waals surface area contributed by atoms with Crippen LogP contribution in [0.15, 0.2) is 58.5 Å². The summed E-state index contributed by atoms with van der Waals surface area (Å²) >= 11 is 1.52. The van der Waals surface area contributed by atoms with Crippen LogP contribution >= 0.6 is 11.3 Å². The van der Waals surface area contributed by atoms with Gasteiger partial charge >= 0.3 is 0 Å². The molecule has 5 rings (SSSR count). The number of aryl methyl sites for hydroxylation is 2. The Morgan fingerprint density at radius 1 is 0.933 bits per heavy atom. The number of benzene rings is 2. The predicted molar refractivity (Wildman–Crippen MR) is 119 cm³/mol. The quantitative estimate of drug-likeness (QED) is 0.298. The maximum absolute atomic E-state index is 12.9. The lowest BCUT2D eigenvalue weighted by atomic mass is 9.96. The number of aromatic nitrogens is 1. The molecule has 0 radical (unpaired) electrons. The number of ketones is 2. The first-order chi connectivity index (χ1) is 14.6. The molecule has 4 aromatic rings. The number of thiazole rings is 1. The van der Waals surface area contributed by atoms with Gasteiger partial charge in [0.05, 0.1) is 10.3 Å². The van der Waals surface area contributed by atoms with Crippen molar-refractivity contribution in [2.24, 2.45) is 0 Å². The van der Waals surface area contributed by atoms with E-state index in [9.17, 15) is 9.59 Å². The van der Waals surface area contributed by atoms with E-state index in [-0.39, 0.29) is 17.1 Å². The minimum Gasteiger partial charge on any atom is -0.437 e. The van der Waals surface area contributed by atoms with Crippen LogP contribution in [-0.4, -0.2) is 16.6 Å². The highest BCUT2D eigenvalue weighted by atomic mass is 32.1. The zero-order valence-electron chi connectivity index (χ0n) is 16.7. The van der Waals surface area contributed by atoms with Gasteiger partial charge in [-0.15, -0.1) is 11.3 Å². The van der Waals surface area contributed by atoms with Crippen LogP contribution in [0.2, 0.25) is 0 Å². The molecule has 148 valence electrons. The van der Waals surface area contributed by atoms with E-state index in [4.69, 9.17) is 4.42 Å². The minimum absolute atomic E-state index is 0.157. The van der Waals surface area contributed by atoms with E-state index in [1.54, 1.807) is 6.08 Å². The maximum Gasteiger partial charge on any atom is 0.238 e. The topological polar surface area (TPSA) is 60.2 Å². The summed E-state index contributed by atoms with van der Waals surface area (Å²) in [5.41, 5.74) is 4.94. The summed E-state index contributed by atoms with van der Waals surface area (Å²) in [4.78, 5) is 30.4. The van der Waals surface area contributed by atoms with Gasteiger partial charge in [-0.05, 0) is 42.2 Å². The van der Waals surface area contributed by atoms with Gasteiger partial charge in [0.25, 0.3) is 0 Å². The first-order valence-corrected chi connectivity index (χ1v) is 10.8. The van der Waals surface area contributed by atoms with Crippen LogP contribution in [0.1, 0.15) is 51.5 Å². The molecule has 0 fully saturated rings. The van der Waals surface area contributed by atoms with Gasteiger partial charge < -0.3 is 4.42 Å². The Morgan fingerprint density at radius 3 is 2.13 bits per heavy atom. The Balaban J connectivity index is 1.51. The van der Waals surface area contributed by atoms with Gasteiger partial charge in [-0.25, -0.2) is 4.98 Å². The largest absolute Gasteiger partial charge is 0.437 e. The van der Waals surface area contributed by atoms with E-state index in [1.807, 2.05) is 48.5 Å². The van der Waals surface area contributed by atoms with Crippen LogP contribution in [0.4, 0.5) is 0 Å². The predicted octanol–water partition coefficient (Wildman–Crippen LogP) is 6.14. The first kappa shape index (κ1) is 18.7. The number of allylic oxidation sites excluding steroid dienone is 1. The molecule has 0 bridgehead atoms. The highest BCUT2D eigenvalue weighted by Crippen LogP contribution is 2.35. The summed E-state index contributed by atoms with van der Waals surface area (Å²) in [6.45, 7) is 4.12. The Labute approximate surface area is 177 Å². The van der Waals surface area contributed by atoms with Gasteiger partial charge in [0.2, 0.25) is 5.71 Å². The molecule has 4 nitrogen and oxygen atoms in total. The van der Waals surface area contributed by atoms with E-state index in [0.29, 0.717) is 22.6 Å². The molecule has 0 unspecified atom stereocenters. The highest BCUT2D eigenvalue weighted by Gasteiger charge is 2.34. The van der Waals surface area contributed by atoms with Crippen molar-refractivity contribution in [3.8, 4) is 10.6 Å². The van der Waals surface area contributed by atoms with Crippen LogP contribution in [0.5, 0.6) is 0 Å². The summed E-state index contributed by atoms with van der Waals surface area (Å²) in [6, 6.07) is 15.5. The van der Waals surface area contributed by atoms with E-state index < -0.39 is 0 Å². The fraction of sp³-hybridized carbons (Fsp3) is 0.160. The summed E-state index contributed by atoms with van der Waals surface area (Å²) in [5.74, 6) is 0.00869. The molecule has 0 atom stereocenters. The van der Waals surface area contributed by atoms with E-state index in [0.717, 1.165) is 39.2 Å². The Morgan fingerprint density at radius 2 is 1.57 bits per heavy atom. The number of Topliss-reactive ketones (excluding diaryl/α,β-unsaturated/α-hetero) is 2. The first-order valence-electron chi connectivity index (χ1n) is 10.0. The van der Waals surface area contributed by atoms with Gasteiger partial charge in [-0.3, -0.25) is 9.59 Å².